The van der Waals surface area contributed by atoms with Crippen molar-refractivity contribution in [1.29, 1.82) is 0 Å². The molecule has 2 fully saturated rings. The molecule has 2 unspecified atom stereocenters. The molecule has 0 aromatic carbocycles. The van der Waals surface area contributed by atoms with E-state index in [4.69, 9.17) is 0 Å². The average molecular weight is 318 g/mol. The number of piperidine rings is 1. The first-order valence-electron chi connectivity index (χ1n) is 7.98. The molecule has 0 aromatic rings. The van der Waals surface area contributed by atoms with Gasteiger partial charge in [0.2, 0.25) is 0 Å². The van der Waals surface area contributed by atoms with Crippen LogP contribution in [0.25, 0.3) is 0 Å². The van der Waals surface area contributed by atoms with Crippen LogP contribution < -0.4 is 5.32 Å². The van der Waals surface area contributed by atoms with Gasteiger partial charge in [0.25, 0.3) is 10.2 Å². The highest BCUT2D eigenvalue weighted by Gasteiger charge is 2.38. The lowest BCUT2D eigenvalue weighted by molar-refractivity contribution is 0.0993. The highest BCUT2D eigenvalue weighted by molar-refractivity contribution is 7.86. The lowest BCUT2D eigenvalue weighted by Crippen LogP contribution is -2.59. The molecule has 6 nitrogen and oxygen atoms in total. The van der Waals surface area contributed by atoms with Gasteiger partial charge in [-0.1, -0.05) is 0 Å². The van der Waals surface area contributed by atoms with Crippen molar-refractivity contribution in [2.24, 2.45) is 5.92 Å². The summed E-state index contributed by atoms with van der Waals surface area (Å²) in [7, 11) is 0.733. The van der Waals surface area contributed by atoms with Crippen LogP contribution in [-0.2, 0) is 10.2 Å². The normalized spacial score (nSPS) is 31.6. The minimum atomic E-state index is -3.29. The number of likely N-dealkylation sites (N-methyl/N-ethyl adjacent to an activating group) is 1. The highest BCUT2D eigenvalue weighted by atomic mass is 32.2. The van der Waals surface area contributed by atoms with Gasteiger partial charge in [-0.2, -0.15) is 17.0 Å². The average Bonchev–Trinajstić information content (AvgIpc) is 2.45. The van der Waals surface area contributed by atoms with Crippen LogP contribution in [0.4, 0.5) is 0 Å². The Morgan fingerprint density at radius 2 is 1.57 bits per heavy atom. The first kappa shape index (κ1) is 17.1. The maximum atomic E-state index is 12.8. The fourth-order valence-corrected chi connectivity index (χ4v) is 5.15. The summed E-state index contributed by atoms with van der Waals surface area (Å²) in [5.41, 5.74) is 0. The lowest BCUT2D eigenvalue weighted by atomic mass is 9.98. The van der Waals surface area contributed by atoms with Gasteiger partial charge in [-0.05, 0) is 53.2 Å². The fourth-order valence-electron chi connectivity index (χ4n) is 3.34. The third-order valence-corrected chi connectivity index (χ3v) is 7.01. The molecule has 0 spiro atoms. The Morgan fingerprint density at radius 3 is 2.05 bits per heavy atom. The third kappa shape index (κ3) is 3.76. The minimum absolute atomic E-state index is 0.269. The zero-order valence-electron chi connectivity index (χ0n) is 13.7. The molecule has 7 heteroatoms. The van der Waals surface area contributed by atoms with E-state index in [1.165, 1.54) is 0 Å². The molecule has 21 heavy (non-hydrogen) atoms. The van der Waals surface area contributed by atoms with Gasteiger partial charge in [-0.3, -0.25) is 4.90 Å². The van der Waals surface area contributed by atoms with Crippen molar-refractivity contribution in [3.05, 3.63) is 0 Å². The molecule has 0 amide bonds. The lowest BCUT2D eigenvalue weighted by Gasteiger charge is -2.44. The number of nitrogens with zero attached hydrogens (tertiary/aromatic N) is 3. The summed E-state index contributed by atoms with van der Waals surface area (Å²) in [6.45, 7) is 7.68. The quantitative estimate of drug-likeness (QED) is 0.804. The molecule has 2 heterocycles. The van der Waals surface area contributed by atoms with Crippen LogP contribution in [0, 0.1) is 5.92 Å². The summed E-state index contributed by atoms with van der Waals surface area (Å²) in [6, 6.07) is 0.538. The highest BCUT2D eigenvalue weighted by Crippen LogP contribution is 2.24. The number of rotatable bonds is 4. The standard InChI is InChI=1S/C14H30N4O2S/c1-12-10-18(11-13(2)16(12)4)21(19,20)17-7-5-14(6-8-17)9-15-3/h12-15H,5-11H2,1-4H3. The van der Waals surface area contributed by atoms with E-state index >= 15 is 0 Å². The summed E-state index contributed by atoms with van der Waals surface area (Å²) in [5.74, 6) is 0.604. The van der Waals surface area contributed by atoms with E-state index in [9.17, 15) is 8.42 Å². The van der Waals surface area contributed by atoms with E-state index in [1.54, 1.807) is 8.61 Å². The number of nitrogens with one attached hydrogen (secondary N) is 1. The molecule has 2 atom stereocenters. The molecular weight excluding hydrogens is 288 g/mol. The van der Waals surface area contributed by atoms with Gasteiger partial charge < -0.3 is 5.32 Å². The Kier molecular flexibility index (Phi) is 5.65. The van der Waals surface area contributed by atoms with E-state index < -0.39 is 10.2 Å². The van der Waals surface area contributed by atoms with Gasteiger partial charge in [-0.25, -0.2) is 0 Å². The molecule has 0 aliphatic carbocycles. The molecule has 0 saturated carbocycles. The second kappa shape index (κ2) is 6.91. The Labute approximate surface area is 129 Å². The van der Waals surface area contributed by atoms with E-state index in [1.807, 2.05) is 7.05 Å². The van der Waals surface area contributed by atoms with Gasteiger partial charge in [0.1, 0.15) is 0 Å². The smallest absolute Gasteiger partial charge is 0.282 e. The van der Waals surface area contributed by atoms with E-state index in [0.717, 1.165) is 19.4 Å². The summed E-state index contributed by atoms with van der Waals surface area (Å²) in [4.78, 5) is 2.26. The van der Waals surface area contributed by atoms with Crippen LogP contribution in [-0.4, -0.2) is 80.8 Å². The predicted octanol–water partition coefficient (Wildman–Crippen LogP) is 0.187. The Morgan fingerprint density at radius 1 is 1.05 bits per heavy atom. The molecule has 2 aliphatic rings. The molecule has 2 saturated heterocycles. The van der Waals surface area contributed by atoms with Crippen LogP contribution in [0.2, 0.25) is 0 Å². The van der Waals surface area contributed by atoms with E-state index in [-0.39, 0.29) is 12.1 Å². The van der Waals surface area contributed by atoms with Crippen molar-refractivity contribution >= 4 is 10.2 Å². The summed E-state index contributed by atoms with van der Waals surface area (Å²) >= 11 is 0. The zero-order chi connectivity index (χ0) is 15.6. The van der Waals surface area contributed by atoms with Gasteiger partial charge in [0.15, 0.2) is 0 Å². The topological polar surface area (TPSA) is 55.9 Å². The van der Waals surface area contributed by atoms with Crippen molar-refractivity contribution in [3.8, 4) is 0 Å². The van der Waals surface area contributed by atoms with Crippen LogP contribution in [0.15, 0.2) is 0 Å². The largest absolute Gasteiger partial charge is 0.319 e. The second-order valence-corrected chi connectivity index (χ2v) is 8.52. The zero-order valence-corrected chi connectivity index (χ0v) is 14.6. The van der Waals surface area contributed by atoms with Crippen molar-refractivity contribution in [2.45, 2.75) is 38.8 Å². The second-order valence-electron chi connectivity index (χ2n) is 6.59. The monoisotopic (exact) mass is 318 g/mol. The fraction of sp³-hybridized carbons (Fsp3) is 1.00. The Hall–Kier alpha value is -0.210. The summed E-state index contributed by atoms with van der Waals surface area (Å²) < 4.78 is 29.0. The van der Waals surface area contributed by atoms with Crippen LogP contribution in [0.3, 0.4) is 0 Å². The maximum Gasteiger partial charge on any atom is 0.282 e. The number of hydrogen-bond acceptors (Lipinski definition) is 4. The van der Waals surface area contributed by atoms with Gasteiger partial charge >= 0.3 is 0 Å². The first-order valence-corrected chi connectivity index (χ1v) is 9.37. The third-order valence-electron chi connectivity index (χ3n) is 5.05. The molecule has 0 radical (unpaired) electrons. The van der Waals surface area contributed by atoms with Gasteiger partial charge in [-0.15, -0.1) is 0 Å². The summed E-state index contributed by atoms with van der Waals surface area (Å²) in [6.07, 6.45) is 1.91. The van der Waals surface area contributed by atoms with E-state index in [2.05, 4.69) is 31.1 Å². The van der Waals surface area contributed by atoms with Crippen molar-refractivity contribution in [3.63, 3.8) is 0 Å². The molecule has 1 N–H and O–H groups in total. The van der Waals surface area contributed by atoms with Crippen LogP contribution >= 0.6 is 0 Å². The van der Waals surface area contributed by atoms with Gasteiger partial charge in [0.05, 0.1) is 0 Å². The van der Waals surface area contributed by atoms with E-state index in [0.29, 0.717) is 32.1 Å². The predicted molar refractivity (Wildman–Crippen MR) is 85.4 cm³/mol. The van der Waals surface area contributed by atoms with Crippen molar-refractivity contribution in [2.75, 3.05) is 46.8 Å². The van der Waals surface area contributed by atoms with Crippen LogP contribution in [0.1, 0.15) is 26.7 Å². The molecule has 0 aromatic heterocycles. The van der Waals surface area contributed by atoms with Crippen LogP contribution in [0.5, 0.6) is 0 Å². The number of hydrogen-bond donors (Lipinski definition) is 1. The van der Waals surface area contributed by atoms with Crippen molar-refractivity contribution in [1.82, 2.24) is 18.8 Å². The summed E-state index contributed by atoms with van der Waals surface area (Å²) in [5, 5.41) is 3.19. The molecular formula is C14H30N4O2S. The SMILES string of the molecule is CNCC1CCN(S(=O)(=O)N2CC(C)N(C)C(C)C2)CC1. The molecule has 0 bridgehead atoms. The Balaban J connectivity index is 1.99. The molecule has 124 valence electrons. The van der Waals surface area contributed by atoms with Crippen molar-refractivity contribution < 1.29 is 8.42 Å². The first-order chi connectivity index (χ1) is 9.86. The minimum Gasteiger partial charge on any atom is -0.319 e. The molecule has 2 aliphatic heterocycles. The maximum absolute atomic E-state index is 12.8. The van der Waals surface area contributed by atoms with Gasteiger partial charge in [0, 0.05) is 38.3 Å². The number of piperazine rings is 1. The Bertz CT molecular complexity index is 422. The molecule has 2 rings (SSSR count).